The molecule has 40 heavy (non-hydrogen) atoms. The number of hydrogen-bond acceptors (Lipinski definition) is 7. The van der Waals surface area contributed by atoms with Gasteiger partial charge in [0, 0.05) is 52.4 Å². The molecule has 2 aromatic carbocycles. The molecule has 3 rings (SSSR count). The molecule has 1 aliphatic heterocycles. The summed E-state index contributed by atoms with van der Waals surface area (Å²) in [5, 5.41) is 10.1. The minimum absolute atomic E-state index is 0.111. The molecule has 0 unspecified atom stereocenters. The zero-order chi connectivity index (χ0) is 29.4. The summed E-state index contributed by atoms with van der Waals surface area (Å²) < 4.78 is 40.4. The summed E-state index contributed by atoms with van der Waals surface area (Å²) in [6.07, 6.45) is 1.88. The summed E-state index contributed by atoms with van der Waals surface area (Å²) in [6, 6.07) is 13.5. The van der Waals surface area contributed by atoms with Crippen LogP contribution in [0.4, 0.5) is 5.69 Å². The number of hydrogen-bond donors (Lipinski definition) is 1. The largest absolute Gasteiger partial charge is 0.490 e. The van der Waals surface area contributed by atoms with Crippen molar-refractivity contribution in [1.29, 1.82) is 0 Å². The second-order valence-corrected chi connectivity index (χ2v) is 13.0. The van der Waals surface area contributed by atoms with Gasteiger partial charge in [-0.1, -0.05) is 25.1 Å². The summed E-state index contributed by atoms with van der Waals surface area (Å²) in [4.78, 5) is 17.9. The predicted molar refractivity (Wildman–Crippen MR) is 157 cm³/mol. The highest BCUT2D eigenvalue weighted by atomic mass is 32.2. The monoisotopic (exact) mass is 575 g/mol. The Balaban J connectivity index is 1.96. The third-order valence-electron chi connectivity index (χ3n) is 7.44. The third kappa shape index (κ3) is 7.96. The number of carbonyl (C=O) groups excluding carboxylic acids is 1. The molecule has 1 amide bonds. The van der Waals surface area contributed by atoms with Gasteiger partial charge in [0.05, 0.1) is 35.3 Å². The van der Waals surface area contributed by atoms with Gasteiger partial charge in [0.1, 0.15) is 5.75 Å². The fraction of sp³-hybridized carbons (Fsp3) is 0.567. The van der Waals surface area contributed by atoms with E-state index in [4.69, 9.17) is 9.47 Å². The van der Waals surface area contributed by atoms with Crippen molar-refractivity contribution in [3.8, 4) is 5.75 Å². The minimum atomic E-state index is -3.72. The van der Waals surface area contributed by atoms with Crippen LogP contribution in [0.1, 0.15) is 50.4 Å². The van der Waals surface area contributed by atoms with Crippen LogP contribution in [0.15, 0.2) is 53.4 Å². The molecule has 1 N–H and O–H groups in total. The molecule has 0 fully saturated rings. The van der Waals surface area contributed by atoms with Gasteiger partial charge in [0.25, 0.3) is 5.91 Å². The van der Waals surface area contributed by atoms with Crippen molar-refractivity contribution in [2.24, 2.45) is 5.92 Å². The highest BCUT2D eigenvalue weighted by Gasteiger charge is 2.32. The molecule has 0 bridgehead atoms. The Morgan fingerprint density at radius 3 is 2.42 bits per heavy atom. The molecule has 10 heteroatoms. The molecule has 1 heterocycles. The highest BCUT2D eigenvalue weighted by Crippen LogP contribution is 2.29. The summed E-state index contributed by atoms with van der Waals surface area (Å²) in [5.74, 6) is 0.0412. The number of anilines is 1. The Morgan fingerprint density at radius 2 is 1.77 bits per heavy atom. The quantitative estimate of drug-likeness (QED) is 0.535. The standard InChI is InChI=1S/C30H45N3O6S/c1-22-19-33(23(2)21-34)30(35)27-18-25(31(4)5)15-16-28(27)39-24(3)12-10-11-17-38-29(22)20-32(6)40(36,37)26-13-8-7-9-14-26/h7-9,13-16,18,22-24,29,34H,10-12,17,19-21H2,1-6H3/t22-,23+,24-,29-/m1/s1. The number of amides is 1. The van der Waals surface area contributed by atoms with Crippen molar-refractivity contribution >= 4 is 21.6 Å². The molecule has 0 saturated heterocycles. The van der Waals surface area contributed by atoms with Crippen LogP contribution < -0.4 is 9.64 Å². The lowest BCUT2D eigenvalue weighted by atomic mass is 10.0. The molecule has 4 atom stereocenters. The van der Waals surface area contributed by atoms with Gasteiger partial charge >= 0.3 is 0 Å². The minimum Gasteiger partial charge on any atom is -0.490 e. The summed E-state index contributed by atoms with van der Waals surface area (Å²) in [7, 11) is 1.67. The first-order chi connectivity index (χ1) is 18.9. The SMILES string of the molecule is C[C@@H]1CCCCO[C@H](CN(C)S(=O)(=O)c2ccccc2)[C@H](C)CN([C@@H](C)CO)C(=O)c2cc(N(C)C)ccc2O1. The molecule has 1 aliphatic rings. The van der Waals surface area contributed by atoms with Crippen LogP contribution in [-0.2, 0) is 14.8 Å². The van der Waals surface area contributed by atoms with E-state index in [9.17, 15) is 18.3 Å². The number of sulfonamides is 1. The molecule has 0 aliphatic carbocycles. The second-order valence-electron chi connectivity index (χ2n) is 11.0. The molecule has 0 radical (unpaired) electrons. The normalized spacial score (nSPS) is 22.2. The van der Waals surface area contributed by atoms with Crippen LogP contribution in [0.25, 0.3) is 0 Å². The lowest BCUT2D eigenvalue weighted by Gasteiger charge is -2.35. The molecular weight excluding hydrogens is 530 g/mol. The van der Waals surface area contributed by atoms with Gasteiger partial charge in [-0.2, -0.15) is 4.31 Å². The predicted octanol–water partition coefficient (Wildman–Crippen LogP) is 3.87. The first-order valence-corrected chi connectivity index (χ1v) is 15.4. The van der Waals surface area contributed by atoms with Crippen molar-refractivity contribution in [1.82, 2.24) is 9.21 Å². The number of aliphatic hydroxyl groups is 1. The van der Waals surface area contributed by atoms with Gasteiger partial charge in [-0.25, -0.2) is 8.42 Å². The van der Waals surface area contributed by atoms with E-state index in [1.165, 1.54) is 4.31 Å². The lowest BCUT2D eigenvalue weighted by molar-refractivity contribution is -0.00833. The van der Waals surface area contributed by atoms with Crippen LogP contribution >= 0.6 is 0 Å². The topological polar surface area (TPSA) is 99.6 Å². The van der Waals surface area contributed by atoms with Crippen molar-refractivity contribution in [3.63, 3.8) is 0 Å². The first kappa shape index (κ1) is 31.9. The zero-order valence-corrected chi connectivity index (χ0v) is 25.4. The Kier molecular flexibility index (Phi) is 11.4. The molecule has 0 aromatic heterocycles. The van der Waals surface area contributed by atoms with E-state index < -0.39 is 22.2 Å². The second kappa shape index (κ2) is 14.3. The number of aliphatic hydroxyl groups excluding tert-OH is 1. The van der Waals surface area contributed by atoms with Crippen LogP contribution in [0, 0.1) is 5.92 Å². The van der Waals surface area contributed by atoms with Gasteiger partial charge < -0.3 is 24.4 Å². The first-order valence-electron chi connectivity index (χ1n) is 14.0. The van der Waals surface area contributed by atoms with Crippen molar-refractivity contribution in [3.05, 3.63) is 54.1 Å². The highest BCUT2D eigenvalue weighted by molar-refractivity contribution is 7.89. The number of benzene rings is 2. The van der Waals surface area contributed by atoms with Crippen molar-refractivity contribution < 1.29 is 27.8 Å². The number of carbonyl (C=O) groups is 1. The molecule has 0 spiro atoms. The van der Waals surface area contributed by atoms with E-state index in [0.29, 0.717) is 17.9 Å². The fourth-order valence-corrected chi connectivity index (χ4v) is 5.98. The number of likely N-dealkylation sites (N-methyl/N-ethyl adjacent to an activating group) is 1. The van der Waals surface area contributed by atoms with Crippen LogP contribution in [0.3, 0.4) is 0 Å². The van der Waals surface area contributed by atoms with E-state index in [-0.39, 0.29) is 42.5 Å². The zero-order valence-electron chi connectivity index (χ0n) is 24.6. The van der Waals surface area contributed by atoms with Crippen molar-refractivity contribution in [2.75, 3.05) is 52.3 Å². The van der Waals surface area contributed by atoms with Crippen LogP contribution in [0.5, 0.6) is 5.75 Å². The molecule has 2 aromatic rings. The molecular formula is C30H45N3O6S. The maximum atomic E-state index is 14.1. The van der Waals surface area contributed by atoms with E-state index in [1.54, 1.807) is 49.2 Å². The number of fused-ring (bicyclic) bond motifs is 1. The van der Waals surface area contributed by atoms with Gasteiger partial charge in [0.15, 0.2) is 0 Å². The maximum absolute atomic E-state index is 14.1. The summed E-state index contributed by atoms with van der Waals surface area (Å²) in [5.41, 5.74) is 1.30. The lowest BCUT2D eigenvalue weighted by Crippen LogP contribution is -2.48. The molecule has 0 saturated carbocycles. The van der Waals surface area contributed by atoms with E-state index in [1.807, 2.05) is 51.0 Å². The maximum Gasteiger partial charge on any atom is 0.258 e. The smallest absolute Gasteiger partial charge is 0.258 e. The summed E-state index contributed by atoms with van der Waals surface area (Å²) in [6.45, 7) is 6.40. The number of rotatable bonds is 7. The number of ether oxygens (including phenoxy) is 2. The van der Waals surface area contributed by atoms with Gasteiger partial charge in [0.2, 0.25) is 10.0 Å². The van der Waals surface area contributed by atoms with Crippen LogP contribution in [0.2, 0.25) is 0 Å². The van der Waals surface area contributed by atoms with Gasteiger partial charge in [-0.05, 0) is 63.4 Å². The number of nitrogens with zero attached hydrogens (tertiary/aromatic N) is 3. The van der Waals surface area contributed by atoms with Crippen molar-refractivity contribution in [2.45, 2.75) is 63.2 Å². The Morgan fingerprint density at radius 1 is 1.07 bits per heavy atom. The average Bonchev–Trinajstić information content (AvgIpc) is 2.94. The fourth-order valence-electron chi connectivity index (χ4n) is 4.78. The van der Waals surface area contributed by atoms with Gasteiger partial charge in [-0.3, -0.25) is 4.79 Å². The summed E-state index contributed by atoms with van der Waals surface area (Å²) >= 11 is 0. The Hall–Kier alpha value is -2.66. The van der Waals surface area contributed by atoms with E-state index in [2.05, 4.69) is 0 Å². The van der Waals surface area contributed by atoms with E-state index >= 15 is 0 Å². The van der Waals surface area contributed by atoms with Crippen LogP contribution in [-0.4, -0.2) is 94.3 Å². The van der Waals surface area contributed by atoms with Gasteiger partial charge in [-0.15, -0.1) is 0 Å². The molecule has 222 valence electrons. The molecule has 9 nitrogen and oxygen atoms in total. The Bertz CT molecular complexity index is 1210. The van der Waals surface area contributed by atoms with E-state index in [0.717, 1.165) is 24.9 Å². The Labute approximate surface area is 239 Å². The average molecular weight is 576 g/mol. The third-order valence-corrected chi connectivity index (χ3v) is 9.28.